The van der Waals surface area contributed by atoms with Crippen LogP contribution in [0.1, 0.15) is 0 Å². The van der Waals surface area contributed by atoms with E-state index in [1.807, 2.05) is 0 Å². The third kappa shape index (κ3) is 8.02. The summed E-state index contributed by atoms with van der Waals surface area (Å²) in [4.78, 5) is 0. The van der Waals surface area contributed by atoms with Crippen LogP contribution in [0, 0.1) is 0 Å². The summed E-state index contributed by atoms with van der Waals surface area (Å²) >= 11 is 0. The molecule has 0 aliphatic rings. The number of halogens is 2. The van der Waals surface area contributed by atoms with Crippen molar-refractivity contribution in [2.75, 3.05) is 12.3 Å². The van der Waals surface area contributed by atoms with E-state index in [0.717, 1.165) is 0 Å². The monoisotopic (exact) mass is 662 g/mol. The molecule has 0 N–H and O–H groups in total. The maximum atomic E-state index is 2.30. The van der Waals surface area contributed by atoms with Gasteiger partial charge in [0.25, 0.3) is 0 Å². The van der Waals surface area contributed by atoms with Gasteiger partial charge in [-0.3, -0.25) is 0 Å². The van der Waals surface area contributed by atoms with Crippen LogP contribution in [0.25, 0.3) is 0 Å². The molecular weight excluding hydrogens is 640 g/mol. The molecule has 0 saturated carbocycles. The average molecular weight is 665 g/mol. The molecule has 0 heterocycles. The van der Waals surface area contributed by atoms with E-state index in [1.165, 1.54) is 33.5 Å². The fourth-order valence-electron chi connectivity index (χ4n) is 3.45. The minimum Gasteiger partial charge on any atom is -1.00 e. The Bertz CT molecular complexity index is 809. The van der Waals surface area contributed by atoms with Crippen molar-refractivity contribution in [2.24, 2.45) is 0 Å². The summed E-state index contributed by atoms with van der Waals surface area (Å²) in [5.41, 5.74) is 0. The summed E-state index contributed by atoms with van der Waals surface area (Å²) in [5.74, 6) is 0. The normalized spacial score (nSPS) is 10.0. The quantitative estimate of drug-likeness (QED) is 0.181. The SMILES string of the molecule is [Br-].[Br-].[Pd+2].c1ccc(P(CCP(c2ccccc2)c2ccccc2)c2ccccc2)cc1. The third-order valence-electron chi connectivity index (χ3n) is 4.82. The van der Waals surface area contributed by atoms with Crippen molar-refractivity contribution >= 4 is 37.1 Å². The Hall–Kier alpha value is -0.638. The van der Waals surface area contributed by atoms with Crippen molar-refractivity contribution in [3.8, 4) is 0 Å². The van der Waals surface area contributed by atoms with Crippen LogP contribution in [0.15, 0.2) is 121 Å². The maximum absolute atomic E-state index is 2.30. The first kappa shape index (κ1) is 28.4. The van der Waals surface area contributed by atoms with Gasteiger partial charge in [0, 0.05) is 0 Å². The molecule has 0 radical (unpaired) electrons. The van der Waals surface area contributed by atoms with E-state index in [0.29, 0.717) is 0 Å². The van der Waals surface area contributed by atoms with E-state index >= 15 is 0 Å². The average Bonchev–Trinajstić information content (AvgIpc) is 2.79. The van der Waals surface area contributed by atoms with E-state index < -0.39 is 0 Å². The summed E-state index contributed by atoms with van der Waals surface area (Å²) in [6, 6.07) is 44.2. The van der Waals surface area contributed by atoms with Crippen LogP contribution in [-0.4, -0.2) is 12.3 Å². The maximum Gasteiger partial charge on any atom is 2.00 e. The van der Waals surface area contributed by atoms with Gasteiger partial charge in [-0.25, -0.2) is 0 Å². The van der Waals surface area contributed by atoms with E-state index in [1.54, 1.807) is 0 Å². The molecule has 0 aromatic heterocycles. The molecule has 31 heavy (non-hydrogen) atoms. The van der Waals surface area contributed by atoms with E-state index in [2.05, 4.69) is 121 Å². The van der Waals surface area contributed by atoms with Gasteiger partial charge in [-0.05, 0) is 49.4 Å². The summed E-state index contributed by atoms with van der Waals surface area (Å²) in [6.07, 6.45) is 2.41. The van der Waals surface area contributed by atoms with E-state index in [9.17, 15) is 0 Å². The molecule has 4 aromatic carbocycles. The second-order valence-corrected chi connectivity index (χ2v) is 11.3. The minimum atomic E-state index is -0.348. The standard InChI is InChI=1S/C26H24P2.2BrH.Pd/c1-5-13-23(14-6-1)27(24-15-7-2-8-16-24)21-22-28(25-17-9-3-10-18-25)26-19-11-4-12-20-26;;;/h1-20H,21-22H2;2*1H;/q;;;+2/p-2. The minimum absolute atomic E-state index is 0. The van der Waals surface area contributed by atoms with Crippen molar-refractivity contribution in [1.29, 1.82) is 0 Å². The van der Waals surface area contributed by atoms with Gasteiger partial charge in [-0.2, -0.15) is 0 Å². The van der Waals surface area contributed by atoms with E-state index in [-0.39, 0.29) is 70.2 Å². The smallest absolute Gasteiger partial charge is 1.00 e. The molecule has 0 unspecified atom stereocenters. The molecule has 4 rings (SSSR count). The second-order valence-electron chi connectivity index (χ2n) is 6.65. The predicted octanol–water partition coefficient (Wildman–Crippen LogP) is -0.742. The zero-order valence-electron chi connectivity index (χ0n) is 16.9. The van der Waals surface area contributed by atoms with E-state index in [4.69, 9.17) is 0 Å². The number of hydrogen-bond acceptors (Lipinski definition) is 0. The Morgan fingerprint density at radius 1 is 0.355 bits per heavy atom. The molecule has 162 valence electrons. The second kappa shape index (κ2) is 15.2. The molecular formula is C26H24Br2P2Pd. The first-order chi connectivity index (χ1) is 13.9. The fraction of sp³-hybridized carbons (Fsp3) is 0.0769. The van der Waals surface area contributed by atoms with Gasteiger partial charge in [0.15, 0.2) is 0 Å². The largest absolute Gasteiger partial charge is 2.00 e. The summed E-state index contributed by atoms with van der Waals surface area (Å²) in [7, 11) is -0.696. The molecule has 0 spiro atoms. The first-order valence-electron chi connectivity index (χ1n) is 9.67. The summed E-state index contributed by atoms with van der Waals surface area (Å²) in [6.45, 7) is 0. The van der Waals surface area contributed by atoms with Gasteiger partial charge in [0.2, 0.25) is 0 Å². The molecule has 0 aliphatic heterocycles. The molecule has 0 amide bonds. The van der Waals surface area contributed by atoms with Gasteiger partial charge in [0.05, 0.1) is 0 Å². The zero-order valence-corrected chi connectivity index (χ0v) is 23.4. The Labute approximate surface area is 223 Å². The first-order valence-corrected chi connectivity index (χ1v) is 12.7. The number of benzene rings is 4. The van der Waals surface area contributed by atoms with Crippen LogP contribution in [0.2, 0.25) is 0 Å². The fourth-order valence-corrected chi connectivity index (χ4v) is 8.80. The molecule has 0 atom stereocenters. The van der Waals surface area contributed by atoms with Crippen molar-refractivity contribution in [2.45, 2.75) is 0 Å². The molecule has 0 bridgehead atoms. The van der Waals surface area contributed by atoms with Crippen LogP contribution < -0.4 is 55.2 Å². The Morgan fingerprint density at radius 2 is 0.548 bits per heavy atom. The summed E-state index contributed by atoms with van der Waals surface area (Å²) in [5, 5.41) is 5.89. The van der Waals surface area contributed by atoms with Gasteiger partial charge in [0.1, 0.15) is 0 Å². The van der Waals surface area contributed by atoms with Gasteiger partial charge in [-0.15, -0.1) is 0 Å². The number of hydrogen-bond donors (Lipinski definition) is 0. The number of rotatable bonds is 7. The Kier molecular flexibility index (Phi) is 14.0. The van der Waals surface area contributed by atoms with Crippen molar-refractivity contribution in [3.05, 3.63) is 121 Å². The van der Waals surface area contributed by atoms with Gasteiger partial charge < -0.3 is 34.0 Å². The van der Waals surface area contributed by atoms with Crippen LogP contribution in [0.4, 0.5) is 0 Å². The van der Waals surface area contributed by atoms with Crippen LogP contribution in [0.3, 0.4) is 0 Å². The predicted molar refractivity (Wildman–Crippen MR) is 128 cm³/mol. The molecule has 0 fully saturated rings. The van der Waals surface area contributed by atoms with Gasteiger partial charge >= 0.3 is 20.4 Å². The summed E-state index contributed by atoms with van der Waals surface area (Å²) < 4.78 is 0. The molecule has 0 aliphatic carbocycles. The molecule has 0 saturated heterocycles. The molecule has 0 nitrogen and oxygen atoms in total. The zero-order chi connectivity index (χ0) is 19.0. The Balaban J connectivity index is 0.00000160. The van der Waals surface area contributed by atoms with Crippen molar-refractivity contribution < 1.29 is 54.4 Å². The van der Waals surface area contributed by atoms with Crippen LogP contribution in [-0.2, 0) is 20.4 Å². The van der Waals surface area contributed by atoms with Crippen molar-refractivity contribution in [1.82, 2.24) is 0 Å². The molecule has 5 heteroatoms. The van der Waals surface area contributed by atoms with Crippen LogP contribution in [0.5, 0.6) is 0 Å². The topological polar surface area (TPSA) is 0 Å². The van der Waals surface area contributed by atoms with Gasteiger partial charge in [-0.1, -0.05) is 121 Å². The molecule has 4 aromatic rings. The third-order valence-corrected chi connectivity index (χ3v) is 10.2. The van der Waals surface area contributed by atoms with Crippen molar-refractivity contribution in [3.63, 3.8) is 0 Å². The van der Waals surface area contributed by atoms with Crippen LogP contribution >= 0.6 is 15.8 Å². The Morgan fingerprint density at radius 3 is 0.742 bits per heavy atom.